The van der Waals surface area contributed by atoms with E-state index in [1.165, 1.54) is 13.2 Å². The van der Waals surface area contributed by atoms with Crippen molar-refractivity contribution < 1.29 is 9.59 Å². The Labute approximate surface area is 129 Å². The van der Waals surface area contributed by atoms with E-state index in [2.05, 4.69) is 15.3 Å². The predicted octanol–water partition coefficient (Wildman–Crippen LogP) is 2.75. The van der Waals surface area contributed by atoms with Gasteiger partial charge in [0.05, 0.1) is 17.3 Å². The first-order valence-electron chi connectivity index (χ1n) is 5.89. The van der Waals surface area contributed by atoms with Crippen molar-refractivity contribution in [2.75, 3.05) is 12.4 Å². The molecular weight excluding hydrogens is 315 g/mol. The second kappa shape index (κ2) is 4.98. The Hall–Kier alpha value is -2.18. The van der Waals surface area contributed by atoms with Crippen LogP contribution in [0.15, 0.2) is 24.4 Å². The van der Waals surface area contributed by atoms with Gasteiger partial charge in [-0.05, 0) is 29.8 Å². The van der Waals surface area contributed by atoms with E-state index in [-0.39, 0.29) is 17.1 Å². The number of nitrogens with zero attached hydrogens (tertiary/aromatic N) is 3. The predicted molar refractivity (Wildman–Crippen MR) is 78.2 cm³/mol. The summed E-state index contributed by atoms with van der Waals surface area (Å²) in [4.78, 5) is 32.5. The number of rotatable bonds is 2. The van der Waals surface area contributed by atoms with Crippen molar-refractivity contribution >= 4 is 46.5 Å². The standard InChI is InChI=1S/C13H8Cl2N4O2/c1-19-11(20)7-3-2-6(4-8(7)12(19)21)17-10-9(14)5-16-13(15)18-10/h2-5H,1H3,(H,16,17,18). The number of benzene rings is 1. The third-order valence-electron chi connectivity index (χ3n) is 3.07. The summed E-state index contributed by atoms with van der Waals surface area (Å²) in [5.41, 5.74) is 1.28. The molecule has 0 spiro atoms. The summed E-state index contributed by atoms with van der Waals surface area (Å²) in [5, 5.41) is 3.28. The van der Waals surface area contributed by atoms with E-state index in [4.69, 9.17) is 23.2 Å². The van der Waals surface area contributed by atoms with Crippen LogP contribution in [0, 0.1) is 0 Å². The van der Waals surface area contributed by atoms with Crippen molar-refractivity contribution in [3.63, 3.8) is 0 Å². The number of imide groups is 1. The number of anilines is 2. The number of aromatic nitrogens is 2. The molecular formula is C13H8Cl2N4O2. The average Bonchev–Trinajstić information content (AvgIpc) is 2.68. The fourth-order valence-electron chi connectivity index (χ4n) is 2.01. The zero-order valence-corrected chi connectivity index (χ0v) is 12.2. The third-order valence-corrected chi connectivity index (χ3v) is 3.53. The second-order valence-electron chi connectivity index (χ2n) is 4.39. The molecule has 0 radical (unpaired) electrons. The van der Waals surface area contributed by atoms with Crippen LogP contribution in [0.4, 0.5) is 11.5 Å². The smallest absolute Gasteiger partial charge is 0.261 e. The molecule has 1 aromatic carbocycles. The highest BCUT2D eigenvalue weighted by atomic mass is 35.5. The number of nitrogens with one attached hydrogen (secondary N) is 1. The van der Waals surface area contributed by atoms with Crippen LogP contribution in [0.1, 0.15) is 20.7 Å². The molecule has 0 saturated carbocycles. The lowest BCUT2D eigenvalue weighted by molar-refractivity contribution is 0.0693. The first-order chi connectivity index (χ1) is 9.97. The molecule has 0 fully saturated rings. The molecule has 3 rings (SSSR count). The highest BCUT2D eigenvalue weighted by Gasteiger charge is 2.32. The minimum absolute atomic E-state index is 0.0500. The summed E-state index contributed by atoms with van der Waals surface area (Å²) in [6.45, 7) is 0. The normalized spacial score (nSPS) is 13.6. The highest BCUT2D eigenvalue weighted by molar-refractivity contribution is 6.33. The second-order valence-corrected chi connectivity index (χ2v) is 5.14. The maximum Gasteiger partial charge on any atom is 0.261 e. The third kappa shape index (κ3) is 2.32. The first kappa shape index (κ1) is 13.8. The SMILES string of the molecule is CN1C(=O)c2ccc(Nc3nc(Cl)ncc3Cl)cc2C1=O. The van der Waals surface area contributed by atoms with Gasteiger partial charge < -0.3 is 5.32 Å². The summed E-state index contributed by atoms with van der Waals surface area (Å²) < 4.78 is 0. The summed E-state index contributed by atoms with van der Waals surface area (Å²) in [6, 6.07) is 4.82. The number of fused-ring (bicyclic) bond motifs is 1. The van der Waals surface area contributed by atoms with E-state index in [9.17, 15) is 9.59 Å². The van der Waals surface area contributed by atoms with Crippen LogP contribution in [0.5, 0.6) is 0 Å². The number of carbonyl (C=O) groups excluding carboxylic acids is 2. The Kier molecular flexibility index (Phi) is 3.27. The molecule has 2 heterocycles. The van der Waals surface area contributed by atoms with Crippen molar-refractivity contribution in [2.45, 2.75) is 0 Å². The van der Waals surface area contributed by atoms with Gasteiger partial charge in [-0.15, -0.1) is 0 Å². The van der Waals surface area contributed by atoms with Gasteiger partial charge in [-0.2, -0.15) is 4.98 Å². The summed E-state index contributed by atoms with van der Waals surface area (Å²) in [6.07, 6.45) is 1.37. The topological polar surface area (TPSA) is 75.2 Å². The number of carbonyl (C=O) groups is 2. The van der Waals surface area contributed by atoms with Crippen molar-refractivity contribution in [1.29, 1.82) is 0 Å². The molecule has 0 unspecified atom stereocenters. The van der Waals surface area contributed by atoms with Crippen LogP contribution >= 0.6 is 23.2 Å². The molecule has 0 saturated heterocycles. The molecule has 8 heteroatoms. The molecule has 0 atom stereocenters. The average molecular weight is 323 g/mol. The Morgan fingerprint density at radius 1 is 1.14 bits per heavy atom. The molecule has 2 amide bonds. The van der Waals surface area contributed by atoms with E-state index in [0.29, 0.717) is 27.7 Å². The van der Waals surface area contributed by atoms with Gasteiger partial charge in [0.1, 0.15) is 5.02 Å². The molecule has 1 aliphatic heterocycles. The minimum atomic E-state index is -0.342. The summed E-state index contributed by atoms with van der Waals surface area (Å²) in [5.74, 6) is -0.336. The number of hydrogen-bond donors (Lipinski definition) is 1. The molecule has 1 N–H and O–H groups in total. The zero-order valence-electron chi connectivity index (χ0n) is 10.7. The Bertz CT molecular complexity index is 779. The van der Waals surface area contributed by atoms with E-state index >= 15 is 0 Å². The van der Waals surface area contributed by atoms with Crippen LogP contribution in [-0.4, -0.2) is 33.7 Å². The monoisotopic (exact) mass is 322 g/mol. The van der Waals surface area contributed by atoms with E-state index in [1.807, 2.05) is 0 Å². The quantitative estimate of drug-likeness (QED) is 0.679. The van der Waals surface area contributed by atoms with Crippen molar-refractivity contribution in [2.24, 2.45) is 0 Å². The first-order valence-corrected chi connectivity index (χ1v) is 6.64. The number of halogens is 2. The van der Waals surface area contributed by atoms with Gasteiger partial charge >= 0.3 is 0 Å². The number of hydrogen-bond acceptors (Lipinski definition) is 5. The highest BCUT2D eigenvalue weighted by Crippen LogP contribution is 2.28. The molecule has 1 aromatic heterocycles. The maximum atomic E-state index is 11.9. The lowest BCUT2D eigenvalue weighted by Crippen LogP contribution is -2.24. The fraction of sp³-hybridized carbons (Fsp3) is 0.0769. The maximum absolute atomic E-state index is 11.9. The van der Waals surface area contributed by atoms with Crippen LogP contribution in [0.3, 0.4) is 0 Å². The van der Waals surface area contributed by atoms with Gasteiger partial charge in [-0.1, -0.05) is 11.6 Å². The zero-order chi connectivity index (χ0) is 15.1. The van der Waals surface area contributed by atoms with E-state index in [1.54, 1.807) is 18.2 Å². The molecule has 0 aliphatic carbocycles. The van der Waals surface area contributed by atoms with Gasteiger partial charge in [0, 0.05) is 12.7 Å². The Morgan fingerprint density at radius 2 is 1.86 bits per heavy atom. The minimum Gasteiger partial charge on any atom is -0.339 e. The van der Waals surface area contributed by atoms with E-state index < -0.39 is 0 Å². The summed E-state index contributed by atoms with van der Waals surface area (Å²) in [7, 11) is 1.44. The van der Waals surface area contributed by atoms with Crippen LogP contribution in [0.2, 0.25) is 10.3 Å². The fourth-order valence-corrected chi connectivity index (χ4v) is 2.28. The molecule has 106 valence electrons. The van der Waals surface area contributed by atoms with Crippen molar-refractivity contribution in [3.05, 3.63) is 45.8 Å². The summed E-state index contributed by atoms with van der Waals surface area (Å²) >= 11 is 11.7. The molecule has 0 bridgehead atoms. The largest absolute Gasteiger partial charge is 0.339 e. The van der Waals surface area contributed by atoms with Crippen LogP contribution < -0.4 is 5.32 Å². The lowest BCUT2D eigenvalue weighted by Gasteiger charge is -2.08. The molecule has 2 aromatic rings. The van der Waals surface area contributed by atoms with Crippen LogP contribution in [0.25, 0.3) is 0 Å². The van der Waals surface area contributed by atoms with Gasteiger partial charge in [-0.3, -0.25) is 14.5 Å². The van der Waals surface area contributed by atoms with E-state index in [0.717, 1.165) is 4.90 Å². The van der Waals surface area contributed by atoms with Crippen molar-refractivity contribution in [3.8, 4) is 0 Å². The van der Waals surface area contributed by atoms with Gasteiger partial charge in [0.25, 0.3) is 11.8 Å². The van der Waals surface area contributed by atoms with Gasteiger partial charge in [-0.25, -0.2) is 4.98 Å². The number of amides is 2. The molecule has 21 heavy (non-hydrogen) atoms. The van der Waals surface area contributed by atoms with Crippen molar-refractivity contribution in [1.82, 2.24) is 14.9 Å². The Balaban J connectivity index is 1.97. The van der Waals surface area contributed by atoms with Crippen LogP contribution in [-0.2, 0) is 0 Å². The molecule has 6 nitrogen and oxygen atoms in total. The lowest BCUT2D eigenvalue weighted by atomic mass is 10.1. The van der Waals surface area contributed by atoms with Gasteiger partial charge in [0.15, 0.2) is 5.82 Å². The Morgan fingerprint density at radius 3 is 2.62 bits per heavy atom. The molecule has 1 aliphatic rings. The van der Waals surface area contributed by atoms with Gasteiger partial charge in [0.2, 0.25) is 5.28 Å².